The molecule has 0 aliphatic carbocycles. The lowest BCUT2D eigenvalue weighted by atomic mass is 10.0. The van der Waals surface area contributed by atoms with Crippen LogP contribution in [0.5, 0.6) is 0 Å². The molecule has 1 aliphatic rings. The Morgan fingerprint density at radius 3 is 3.00 bits per heavy atom. The van der Waals surface area contributed by atoms with E-state index in [-0.39, 0.29) is 0 Å². The third-order valence-corrected chi connectivity index (χ3v) is 3.96. The molecule has 5 heteroatoms. The first-order valence-corrected chi connectivity index (χ1v) is 7.38. The van der Waals surface area contributed by atoms with Gasteiger partial charge in [-0.15, -0.1) is 5.10 Å². The van der Waals surface area contributed by atoms with Crippen LogP contribution in [-0.2, 0) is 13.1 Å². The summed E-state index contributed by atoms with van der Waals surface area (Å²) >= 11 is 0. The van der Waals surface area contributed by atoms with Gasteiger partial charge in [0, 0.05) is 24.7 Å². The summed E-state index contributed by atoms with van der Waals surface area (Å²) in [5.41, 5.74) is 2.75. The fraction of sp³-hybridized carbons (Fsp3) is 0.533. The Morgan fingerprint density at radius 2 is 2.15 bits per heavy atom. The van der Waals surface area contributed by atoms with Crippen LogP contribution in [0.2, 0.25) is 0 Å². The van der Waals surface area contributed by atoms with Crippen molar-refractivity contribution in [3.05, 3.63) is 35.7 Å². The lowest BCUT2D eigenvalue weighted by molar-refractivity contribution is 0.528. The zero-order valence-corrected chi connectivity index (χ0v) is 12.2. The van der Waals surface area contributed by atoms with Crippen molar-refractivity contribution in [1.82, 2.24) is 20.2 Å². The second-order valence-corrected chi connectivity index (χ2v) is 5.51. The van der Waals surface area contributed by atoms with Crippen molar-refractivity contribution in [2.24, 2.45) is 0 Å². The average Bonchev–Trinajstić information content (AvgIpc) is 3.03. The van der Waals surface area contributed by atoms with E-state index in [2.05, 4.69) is 58.5 Å². The number of aryl methyl sites for hydroxylation is 1. The SMILES string of the molecule is CCCCn1nnnc1CN1C[C@H](C)c2ccccc21. The molecule has 106 valence electrons. The highest BCUT2D eigenvalue weighted by Gasteiger charge is 2.26. The van der Waals surface area contributed by atoms with E-state index in [0.717, 1.165) is 38.3 Å². The summed E-state index contributed by atoms with van der Waals surface area (Å²) in [5, 5.41) is 12.1. The van der Waals surface area contributed by atoms with Gasteiger partial charge in [-0.3, -0.25) is 0 Å². The van der Waals surface area contributed by atoms with Crippen molar-refractivity contribution in [1.29, 1.82) is 0 Å². The molecule has 0 spiro atoms. The molecular formula is C15H21N5. The molecule has 0 saturated carbocycles. The fourth-order valence-corrected chi connectivity index (χ4v) is 2.86. The molecule has 2 aromatic rings. The molecule has 1 aromatic carbocycles. The highest BCUT2D eigenvalue weighted by Crippen LogP contribution is 2.36. The van der Waals surface area contributed by atoms with E-state index < -0.39 is 0 Å². The molecule has 1 aromatic heterocycles. The Labute approximate surface area is 119 Å². The van der Waals surface area contributed by atoms with E-state index in [4.69, 9.17) is 0 Å². The fourth-order valence-electron chi connectivity index (χ4n) is 2.86. The number of fused-ring (bicyclic) bond motifs is 1. The second kappa shape index (κ2) is 5.61. The van der Waals surface area contributed by atoms with Gasteiger partial charge < -0.3 is 4.90 Å². The van der Waals surface area contributed by atoms with Gasteiger partial charge in [-0.1, -0.05) is 38.5 Å². The molecule has 20 heavy (non-hydrogen) atoms. The number of anilines is 1. The number of benzene rings is 1. The van der Waals surface area contributed by atoms with Crippen LogP contribution in [0, 0.1) is 0 Å². The zero-order chi connectivity index (χ0) is 13.9. The number of tetrazole rings is 1. The first-order chi connectivity index (χ1) is 9.79. The molecule has 1 atom stereocenters. The van der Waals surface area contributed by atoms with Gasteiger partial charge >= 0.3 is 0 Å². The maximum Gasteiger partial charge on any atom is 0.170 e. The number of nitrogens with zero attached hydrogens (tertiary/aromatic N) is 5. The third-order valence-electron chi connectivity index (χ3n) is 3.96. The maximum atomic E-state index is 4.19. The highest BCUT2D eigenvalue weighted by molar-refractivity contribution is 5.59. The molecule has 0 bridgehead atoms. The Balaban J connectivity index is 1.78. The van der Waals surface area contributed by atoms with E-state index in [1.54, 1.807) is 0 Å². The molecule has 5 nitrogen and oxygen atoms in total. The van der Waals surface area contributed by atoms with Crippen LogP contribution in [0.25, 0.3) is 0 Å². The summed E-state index contributed by atoms with van der Waals surface area (Å²) in [7, 11) is 0. The van der Waals surface area contributed by atoms with Crippen molar-refractivity contribution in [2.75, 3.05) is 11.4 Å². The van der Waals surface area contributed by atoms with Crippen molar-refractivity contribution in [3.8, 4) is 0 Å². The number of rotatable bonds is 5. The third kappa shape index (κ3) is 2.40. The summed E-state index contributed by atoms with van der Waals surface area (Å²) < 4.78 is 1.94. The predicted octanol–water partition coefficient (Wildman–Crippen LogP) is 2.60. The minimum absolute atomic E-state index is 0.575. The maximum absolute atomic E-state index is 4.19. The van der Waals surface area contributed by atoms with Crippen molar-refractivity contribution in [3.63, 3.8) is 0 Å². The largest absolute Gasteiger partial charge is 0.363 e. The number of para-hydroxylation sites is 1. The van der Waals surface area contributed by atoms with Gasteiger partial charge in [0.05, 0.1) is 6.54 Å². The Hall–Kier alpha value is -1.91. The normalized spacial score (nSPS) is 17.5. The van der Waals surface area contributed by atoms with Gasteiger partial charge in [-0.2, -0.15) is 0 Å². The minimum atomic E-state index is 0.575. The summed E-state index contributed by atoms with van der Waals surface area (Å²) in [6.07, 6.45) is 2.27. The van der Waals surface area contributed by atoms with Crippen molar-refractivity contribution in [2.45, 2.75) is 45.7 Å². The number of unbranched alkanes of at least 4 members (excludes halogenated alkanes) is 1. The smallest absolute Gasteiger partial charge is 0.170 e. The van der Waals surface area contributed by atoms with Gasteiger partial charge in [0.1, 0.15) is 0 Å². The molecular weight excluding hydrogens is 250 g/mol. The molecule has 0 N–H and O–H groups in total. The first-order valence-electron chi connectivity index (χ1n) is 7.38. The van der Waals surface area contributed by atoms with E-state index in [0.29, 0.717) is 5.92 Å². The quantitative estimate of drug-likeness (QED) is 0.838. The Bertz CT molecular complexity index is 577. The monoisotopic (exact) mass is 271 g/mol. The standard InChI is InChI=1S/C15H21N5/c1-3-4-9-20-15(16-17-18-20)11-19-10-12(2)13-7-5-6-8-14(13)19/h5-8,12H,3-4,9-11H2,1-2H3/t12-/m0/s1. The molecule has 0 fully saturated rings. The van der Waals surface area contributed by atoms with Crippen LogP contribution in [-0.4, -0.2) is 26.8 Å². The van der Waals surface area contributed by atoms with Gasteiger partial charge in [0.25, 0.3) is 0 Å². The molecule has 3 rings (SSSR count). The number of hydrogen-bond donors (Lipinski definition) is 0. The van der Waals surface area contributed by atoms with Crippen LogP contribution < -0.4 is 4.90 Å². The molecule has 0 radical (unpaired) electrons. The Morgan fingerprint density at radius 1 is 1.30 bits per heavy atom. The highest BCUT2D eigenvalue weighted by atomic mass is 15.5. The molecule has 0 unspecified atom stereocenters. The average molecular weight is 271 g/mol. The topological polar surface area (TPSA) is 46.8 Å². The lowest BCUT2D eigenvalue weighted by Crippen LogP contribution is -2.23. The van der Waals surface area contributed by atoms with E-state index in [9.17, 15) is 0 Å². The summed E-state index contributed by atoms with van der Waals surface area (Å²) in [6.45, 7) is 7.20. The van der Waals surface area contributed by atoms with Crippen molar-refractivity contribution < 1.29 is 0 Å². The molecule has 0 amide bonds. The van der Waals surface area contributed by atoms with Crippen LogP contribution in [0.1, 0.15) is 44.0 Å². The predicted molar refractivity (Wildman–Crippen MR) is 78.6 cm³/mol. The number of aromatic nitrogens is 4. The Kier molecular flexibility index (Phi) is 3.67. The first kappa shape index (κ1) is 13.1. The van der Waals surface area contributed by atoms with Gasteiger partial charge in [-0.05, 0) is 28.5 Å². The van der Waals surface area contributed by atoms with Gasteiger partial charge in [0.15, 0.2) is 5.82 Å². The van der Waals surface area contributed by atoms with Gasteiger partial charge in [-0.25, -0.2) is 4.68 Å². The van der Waals surface area contributed by atoms with Crippen LogP contribution in [0.4, 0.5) is 5.69 Å². The van der Waals surface area contributed by atoms with Crippen molar-refractivity contribution >= 4 is 5.69 Å². The van der Waals surface area contributed by atoms with Crippen LogP contribution >= 0.6 is 0 Å². The molecule has 0 saturated heterocycles. The molecule has 1 aliphatic heterocycles. The zero-order valence-electron chi connectivity index (χ0n) is 12.2. The van der Waals surface area contributed by atoms with Crippen LogP contribution in [0.3, 0.4) is 0 Å². The van der Waals surface area contributed by atoms with Gasteiger partial charge in [0.2, 0.25) is 0 Å². The van der Waals surface area contributed by atoms with E-state index in [1.807, 2.05) is 4.68 Å². The lowest BCUT2D eigenvalue weighted by Gasteiger charge is -2.18. The van der Waals surface area contributed by atoms with E-state index >= 15 is 0 Å². The van der Waals surface area contributed by atoms with E-state index in [1.165, 1.54) is 11.3 Å². The minimum Gasteiger partial charge on any atom is -0.363 e. The van der Waals surface area contributed by atoms with Crippen LogP contribution in [0.15, 0.2) is 24.3 Å². The number of hydrogen-bond acceptors (Lipinski definition) is 4. The summed E-state index contributed by atoms with van der Waals surface area (Å²) in [4.78, 5) is 2.38. The summed E-state index contributed by atoms with van der Waals surface area (Å²) in [6, 6.07) is 8.63. The molecule has 2 heterocycles. The second-order valence-electron chi connectivity index (χ2n) is 5.51. The summed E-state index contributed by atoms with van der Waals surface area (Å²) in [5.74, 6) is 1.54.